The minimum atomic E-state index is 0.0664. The maximum atomic E-state index is 12.7. The van der Waals surface area contributed by atoms with Gasteiger partial charge in [0.05, 0.1) is 6.61 Å². The molecule has 1 aromatic heterocycles. The molecule has 1 N–H and O–H groups in total. The van der Waals surface area contributed by atoms with E-state index < -0.39 is 0 Å². The van der Waals surface area contributed by atoms with Crippen LogP contribution in [0.15, 0.2) is 17.5 Å². The summed E-state index contributed by atoms with van der Waals surface area (Å²) in [5, 5.41) is 11.0. The zero-order valence-electron chi connectivity index (χ0n) is 12.8. The predicted octanol–water partition coefficient (Wildman–Crippen LogP) is 3.29. The van der Waals surface area contributed by atoms with Crippen LogP contribution in [-0.2, 0) is 11.4 Å². The van der Waals surface area contributed by atoms with Crippen LogP contribution in [0.5, 0.6) is 0 Å². The molecule has 1 aromatic rings. The molecule has 2 saturated carbocycles. The SMILES string of the molecule is O=C(/C=C/c1cc(CO)cs1)N1CC2CC3CC(C2)CC1C3. The number of nitrogens with zero attached hydrogens (tertiary/aromatic N) is 1. The minimum Gasteiger partial charge on any atom is -0.392 e. The maximum absolute atomic E-state index is 12.7. The molecule has 118 valence electrons. The van der Waals surface area contributed by atoms with Gasteiger partial charge in [-0.3, -0.25) is 4.79 Å². The van der Waals surface area contributed by atoms with Crippen LogP contribution >= 0.6 is 11.3 Å². The molecule has 2 unspecified atom stereocenters. The Labute approximate surface area is 135 Å². The Kier molecular flexibility index (Phi) is 3.82. The molecule has 0 aromatic carbocycles. The summed E-state index contributed by atoms with van der Waals surface area (Å²) >= 11 is 1.58. The first-order valence-electron chi connectivity index (χ1n) is 8.38. The Morgan fingerprint density at radius 3 is 2.64 bits per heavy atom. The van der Waals surface area contributed by atoms with E-state index in [1.165, 1.54) is 32.1 Å². The van der Waals surface area contributed by atoms with E-state index in [9.17, 15) is 4.79 Å². The summed E-state index contributed by atoms with van der Waals surface area (Å²) in [5.41, 5.74) is 0.919. The van der Waals surface area contributed by atoms with Gasteiger partial charge in [0.2, 0.25) is 5.91 Å². The van der Waals surface area contributed by atoms with Crippen molar-refractivity contribution in [3.05, 3.63) is 28.0 Å². The van der Waals surface area contributed by atoms with Gasteiger partial charge in [0.25, 0.3) is 0 Å². The van der Waals surface area contributed by atoms with E-state index in [-0.39, 0.29) is 12.5 Å². The summed E-state index contributed by atoms with van der Waals surface area (Å²) in [4.78, 5) is 15.9. The second-order valence-electron chi connectivity index (χ2n) is 7.27. The Morgan fingerprint density at radius 1 is 1.23 bits per heavy atom. The molecule has 5 rings (SSSR count). The van der Waals surface area contributed by atoms with Crippen molar-refractivity contribution in [3.8, 4) is 0 Å². The summed E-state index contributed by atoms with van der Waals surface area (Å²) < 4.78 is 0. The summed E-state index contributed by atoms with van der Waals surface area (Å²) in [7, 11) is 0. The average molecular weight is 317 g/mol. The van der Waals surface area contributed by atoms with Crippen LogP contribution in [0.3, 0.4) is 0 Å². The molecule has 4 bridgehead atoms. The highest BCUT2D eigenvalue weighted by molar-refractivity contribution is 7.11. The molecule has 3 heterocycles. The molecule has 4 heteroatoms. The molecule has 0 spiro atoms. The van der Waals surface area contributed by atoms with Crippen molar-refractivity contribution in [1.82, 2.24) is 4.90 Å². The van der Waals surface area contributed by atoms with Gasteiger partial charge in [0.15, 0.2) is 0 Å². The van der Waals surface area contributed by atoms with Gasteiger partial charge in [0.1, 0.15) is 0 Å². The lowest BCUT2D eigenvalue weighted by Crippen LogP contribution is -2.41. The van der Waals surface area contributed by atoms with E-state index in [1.54, 1.807) is 17.4 Å². The van der Waals surface area contributed by atoms with E-state index in [0.717, 1.165) is 34.7 Å². The normalized spacial score (nSPS) is 33.6. The predicted molar refractivity (Wildman–Crippen MR) is 88.3 cm³/mol. The molecule has 2 aliphatic carbocycles. The third-order valence-electron chi connectivity index (χ3n) is 5.64. The van der Waals surface area contributed by atoms with E-state index in [0.29, 0.717) is 6.04 Å². The zero-order valence-corrected chi connectivity index (χ0v) is 13.6. The van der Waals surface area contributed by atoms with Gasteiger partial charge in [-0.15, -0.1) is 11.3 Å². The Bertz CT molecular complexity index is 580. The molecular formula is C18H23NO2S. The Balaban J connectivity index is 1.48. The van der Waals surface area contributed by atoms with Crippen LogP contribution in [0.1, 0.15) is 42.5 Å². The van der Waals surface area contributed by atoms with Gasteiger partial charge >= 0.3 is 0 Å². The van der Waals surface area contributed by atoms with Crippen LogP contribution < -0.4 is 0 Å². The fourth-order valence-corrected chi connectivity index (χ4v) is 5.66. The number of thiophene rings is 1. The van der Waals surface area contributed by atoms with E-state index >= 15 is 0 Å². The van der Waals surface area contributed by atoms with Crippen molar-refractivity contribution in [1.29, 1.82) is 0 Å². The fourth-order valence-electron chi connectivity index (χ4n) is 4.87. The Morgan fingerprint density at radius 2 is 1.95 bits per heavy atom. The van der Waals surface area contributed by atoms with Crippen LogP contribution in [0, 0.1) is 17.8 Å². The van der Waals surface area contributed by atoms with Crippen molar-refractivity contribution >= 4 is 23.3 Å². The van der Waals surface area contributed by atoms with Gasteiger partial charge in [-0.2, -0.15) is 0 Å². The number of aliphatic hydroxyl groups excluding tert-OH is 1. The highest BCUT2D eigenvalue weighted by Crippen LogP contribution is 2.47. The monoisotopic (exact) mass is 317 g/mol. The summed E-state index contributed by atoms with van der Waals surface area (Å²) in [6.45, 7) is 1.03. The molecule has 22 heavy (non-hydrogen) atoms. The van der Waals surface area contributed by atoms with Crippen molar-refractivity contribution < 1.29 is 9.90 Å². The van der Waals surface area contributed by atoms with Crippen molar-refractivity contribution in [2.24, 2.45) is 17.8 Å². The molecule has 0 radical (unpaired) electrons. The highest BCUT2D eigenvalue weighted by Gasteiger charge is 2.43. The molecule has 4 fully saturated rings. The van der Waals surface area contributed by atoms with E-state index in [2.05, 4.69) is 4.90 Å². The number of hydrogen-bond donors (Lipinski definition) is 1. The van der Waals surface area contributed by atoms with Gasteiger partial charge in [-0.25, -0.2) is 0 Å². The van der Waals surface area contributed by atoms with Gasteiger partial charge < -0.3 is 10.0 Å². The largest absolute Gasteiger partial charge is 0.392 e. The number of hydrogen-bond acceptors (Lipinski definition) is 3. The highest BCUT2D eigenvalue weighted by atomic mass is 32.1. The lowest BCUT2D eigenvalue weighted by molar-refractivity contribution is -0.128. The number of carbonyl (C=O) groups is 1. The summed E-state index contributed by atoms with van der Waals surface area (Å²) in [6.07, 6.45) is 10.2. The second-order valence-corrected chi connectivity index (χ2v) is 8.21. The van der Waals surface area contributed by atoms with Crippen LogP contribution in [0.4, 0.5) is 0 Å². The van der Waals surface area contributed by atoms with Crippen LogP contribution in [-0.4, -0.2) is 28.5 Å². The molecule has 3 nitrogen and oxygen atoms in total. The lowest BCUT2D eigenvalue weighted by atomic mass is 9.68. The standard InChI is InChI=1S/C18H23NO2S/c20-10-15-8-17(22-11-15)1-2-18(21)19-9-14-4-12-3-13(5-14)7-16(19)6-12/h1-2,8,11-14,16,20H,3-7,9-10H2/b2-1+. The fraction of sp³-hybridized carbons (Fsp3) is 0.611. The van der Waals surface area contributed by atoms with Gasteiger partial charge in [-0.1, -0.05) is 0 Å². The first kappa shape index (κ1) is 14.5. The first-order valence-corrected chi connectivity index (χ1v) is 9.26. The number of aliphatic hydroxyl groups is 1. The average Bonchev–Trinajstić information content (AvgIpc) is 2.88. The molecule has 1 amide bonds. The van der Waals surface area contributed by atoms with Crippen LogP contribution in [0.2, 0.25) is 0 Å². The number of carbonyl (C=O) groups excluding carboxylic acids is 1. The molecule has 4 aliphatic rings. The Hall–Kier alpha value is -1.13. The topological polar surface area (TPSA) is 40.5 Å². The smallest absolute Gasteiger partial charge is 0.246 e. The molecule has 2 saturated heterocycles. The molecule has 2 aliphatic heterocycles. The maximum Gasteiger partial charge on any atom is 0.246 e. The second kappa shape index (κ2) is 5.82. The third-order valence-corrected chi connectivity index (χ3v) is 6.58. The van der Waals surface area contributed by atoms with Gasteiger partial charge in [0, 0.05) is 23.5 Å². The minimum absolute atomic E-state index is 0.0664. The molecule has 2 atom stereocenters. The third kappa shape index (κ3) is 2.74. The first-order chi connectivity index (χ1) is 10.7. The van der Waals surface area contributed by atoms with E-state index in [4.69, 9.17) is 5.11 Å². The summed E-state index contributed by atoms with van der Waals surface area (Å²) in [6, 6.07) is 2.43. The van der Waals surface area contributed by atoms with Crippen LogP contribution in [0.25, 0.3) is 6.08 Å². The number of amides is 1. The van der Waals surface area contributed by atoms with Crippen molar-refractivity contribution in [2.75, 3.05) is 6.54 Å². The quantitative estimate of drug-likeness (QED) is 0.869. The zero-order chi connectivity index (χ0) is 15.1. The van der Waals surface area contributed by atoms with Crippen molar-refractivity contribution in [3.63, 3.8) is 0 Å². The lowest BCUT2D eigenvalue weighted by Gasteiger charge is -2.38. The van der Waals surface area contributed by atoms with E-state index in [1.807, 2.05) is 17.5 Å². The van der Waals surface area contributed by atoms with Gasteiger partial charge in [-0.05, 0) is 72.9 Å². The number of fused-ring (bicyclic) bond motifs is 1. The summed E-state index contributed by atoms with van der Waals surface area (Å²) in [5.74, 6) is 2.65. The van der Waals surface area contributed by atoms with Crippen molar-refractivity contribution in [2.45, 2.75) is 44.8 Å². The number of rotatable bonds is 3. The molecular weight excluding hydrogens is 294 g/mol.